The molecule has 0 aliphatic carbocycles. The van der Waals surface area contributed by atoms with Crippen molar-refractivity contribution in [2.75, 3.05) is 0 Å². The van der Waals surface area contributed by atoms with Crippen molar-refractivity contribution < 1.29 is 9.53 Å². The molecule has 0 aliphatic heterocycles. The van der Waals surface area contributed by atoms with E-state index < -0.39 is 0 Å². The Morgan fingerprint density at radius 1 is 0.926 bits per heavy atom. The largest absolute Gasteiger partial charge is 0.489 e. The van der Waals surface area contributed by atoms with Crippen molar-refractivity contribution in [1.29, 1.82) is 0 Å². The number of hydrogen-bond acceptors (Lipinski definition) is 4. The van der Waals surface area contributed by atoms with Gasteiger partial charge in [-0.2, -0.15) is 0 Å². The lowest BCUT2D eigenvalue weighted by Crippen LogP contribution is -2.24. The maximum absolute atomic E-state index is 12.7. The average molecular weight is 374 g/mol. The first-order chi connectivity index (χ1) is 13.3. The molecule has 0 unspecified atom stereocenters. The molecule has 1 heterocycles. The third-order valence-electron chi connectivity index (χ3n) is 4.14. The molecule has 27 heavy (non-hydrogen) atoms. The number of nitrogens with one attached hydrogen (secondary N) is 1. The minimum absolute atomic E-state index is 0.124. The predicted molar refractivity (Wildman–Crippen MR) is 108 cm³/mol. The number of hydrogen-bond donors (Lipinski definition) is 1. The van der Waals surface area contributed by atoms with Crippen molar-refractivity contribution in [3.8, 4) is 5.75 Å². The normalized spacial score (nSPS) is 10.7. The summed E-state index contributed by atoms with van der Waals surface area (Å²) in [5.41, 5.74) is 2.43. The lowest BCUT2D eigenvalue weighted by molar-refractivity contribution is 0.0948. The topological polar surface area (TPSA) is 51.2 Å². The van der Waals surface area contributed by atoms with Crippen molar-refractivity contribution in [2.45, 2.75) is 13.2 Å². The van der Waals surface area contributed by atoms with Crippen molar-refractivity contribution in [3.63, 3.8) is 0 Å². The van der Waals surface area contributed by atoms with E-state index in [2.05, 4.69) is 10.3 Å². The second-order valence-electron chi connectivity index (χ2n) is 6.02. The molecule has 0 spiro atoms. The summed E-state index contributed by atoms with van der Waals surface area (Å²) in [6.07, 6.45) is 0. The Morgan fingerprint density at radius 3 is 2.52 bits per heavy atom. The van der Waals surface area contributed by atoms with E-state index in [1.54, 1.807) is 11.3 Å². The minimum atomic E-state index is -0.124. The van der Waals surface area contributed by atoms with Crippen molar-refractivity contribution >= 4 is 27.5 Å². The Bertz CT molecular complexity index is 1030. The summed E-state index contributed by atoms with van der Waals surface area (Å²) < 4.78 is 6.92. The SMILES string of the molecule is O=C(NCc1nc2ccccc2s1)c1ccccc1COc1ccccc1. The van der Waals surface area contributed by atoms with Crippen LogP contribution in [-0.4, -0.2) is 10.9 Å². The van der Waals surface area contributed by atoms with Crippen LogP contribution in [0.5, 0.6) is 5.75 Å². The Hall–Kier alpha value is -3.18. The van der Waals surface area contributed by atoms with Gasteiger partial charge in [-0.15, -0.1) is 11.3 Å². The van der Waals surface area contributed by atoms with E-state index in [9.17, 15) is 4.79 Å². The van der Waals surface area contributed by atoms with E-state index in [4.69, 9.17) is 4.74 Å². The summed E-state index contributed by atoms with van der Waals surface area (Å²) >= 11 is 1.60. The number of nitrogens with zero attached hydrogens (tertiary/aromatic N) is 1. The van der Waals surface area contributed by atoms with Crippen molar-refractivity contribution in [1.82, 2.24) is 10.3 Å². The molecule has 1 amide bonds. The molecule has 4 nitrogen and oxygen atoms in total. The van der Waals surface area contributed by atoms with E-state index in [-0.39, 0.29) is 5.91 Å². The molecule has 0 fully saturated rings. The molecule has 0 saturated carbocycles. The highest BCUT2D eigenvalue weighted by Gasteiger charge is 2.12. The monoisotopic (exact) mass is 374 g/mol. The molecule has 1 aromatic heterocycles. The second-order valence-corrected chi connectivity index (χ2v) is 7.13. The fourth-order valence-corrected chi connectivity index (χ4v) is 3.70. The standard InChI is InChI=1S/C22H18N2O2S/c25-22(23-14-21-24-19-12-6-7-13-20(19)27-21)18-11-5-4-8-16(18)15-26-17-9-2-1-3-10-17/h1-13H,14-15H2,(H,23,25). The van der Waals surface area contributed by atoms with E-state index in [1.807, 2.05) is 78.9 Å². The number of rotatable bonds is 6. The lowest BCUT2D eigenvalue weighted by atomic mass is 10.1. The number of ether oxygens (including phenoxy) is 1. The Kier molecular flexibility index (Phi) is 5.12. The fourth-order valence-electron chi connectivity index (χ4n) is 2.79. The van der Waals surface area contributed by atoms with Crippen LogP contribution in [0.1, 0.15) is 20.9 Å². The van der Waals surface area contributed by atoms with Gasteiger partial charge in [-0.05, 0) is 30.3 Å². The van der Waals surface area contributed by atoms with E-state index >= 15 is 0 Å². The van der Waals surface area contributed by atoms with Crippen LogP contribution in [0.25, 0.3) is 10.2 Å². The average Bonchev–Trinajstić information content (AvgIpc) is 3.14. The quantitative estimate of drug-likeness (QED) is 0.527. The third kappa shape index (κ3) is 4.15. The number of amides is 1. The summed E-state index contributed by atoms with van der Waals surface area (Å²) in [4.78, 5) is 17.2. The maximum atomic E-state index is 12.7. The van der Waals surface area contributed by atoms with Crippen LogP contribution in [0.2, 0.25) is 0 Å². The first-order valence-electron chi connectivity index (χ1n) is 8.68. The first-order valence-corrected chi connectivity index (χ1v) is 9.49. The number of carbonyl (C=O) groups excluding carboxylic acids is 1. The van der Waals surface area contributed by atoms with Crippen LogP contribution in [-0.2, 0) is 13.2 Å². The second kappa shape index (κ2) is 8.01. The minimum Gasteiger partial charge on any atom is -0.489 e. The van der Waals surface area contributed by atoms with Crippen molar-refractivity contribution in [2.24, 2.45) is 0 Å². The summed E-state index contributed by atoms with van der Waals surface area (Å²) in [6.45, 7) is 0.751. The number of thiazole rings is 1. The summed E-state index contributed by atoms with van der Waals surface area (Å²) in [5, 5.41) is 3.86. The molecule has 0 aliphatic rings. The number of para-hydroxylation sites is 2. The lowest BCUT2D eigenvalue weighted by Gasteiger charge is -2.11. The third-order valence-corrected chi connectivity index (χ3v) is 5.17. The van der Waals surface area contributed by atoms with Gasteiger partial charge < -0.3 is 10.1 Å². The summed E-state index contributed by atoms with van der Waals surface area (Å²) in [6, 6.07) is 25.1. The van der Waals surface area contributed by atoms with E-state index in [0.29, 0.717) is 18.7 Å². The van der Waals surface area contributed by atoms with Crippen LogP contribution in [0.3, 0.4) is 0 Å². The Labute approximate surface area is 161 Å². The highest BCUT2D eigenvalue weighted by Crippen LogP contribution is 2.21. The van der Waals surface area contributed by atoms with Gasteiger partial charge in [-0.25, -0.2) is 4.98 Å². The van der Waals surface area contributed by atoms with Crippen LogP contribution < -0.4 is 10.1 Å². The van der Waals surface area contributed by atoms with Gasteiger partial charge in [0.25, 0.3) is 5.91 Å². The number of carbonyl (C=O) groups is 1. The highest BCUT2D eigenvalue weighted by atomic mass is 32.1. The van der Waals surface area contributed by atoms with Gasteiger partial charge in [0, 0.05) is 11.1 Å². The fraction of sp³-hybridized carbons (Fsp3) is 0.0909. The molecule has 0 atom stereocenters. The zero-order valence-electron chi connectivity index (χ0n) is 14.6. The Balaban J connectivity index is 1.43. The molecule has 3 aromatic carbocycles. The van der Waals surface area contributed by atoms with E-state index in [1.165, 1.54) is 0 Å². The molecule has 134 valence electrons. The molecular weight excluding hydrogens is 356 g/mol. The van der Waals surface area contributed by atoms with Gasteiger partial charge >= 0.3 is 0 Å². The van der Waals surface area contributed by atoms with Gasteiger partial charge in [-0.3, -0.25) is 4.79 Å². The van der Waals surface area contributed by atoms with Crippen molar-refractivity contribution in [3.05, 3.63) is 95.0 Å². The maximum Gasteiger partial charge on any atom is 0.252 e. The molecule has 0 bridgehead atoms. The number of aromatic nitrogens is 1. The highest BCUT2D eigenvalue weighted by molar-refractivity contribution is 7.18. The molecule has 0 saturated heterocycles. The zero-order chi connectivity index (χ0) is 18.5. The van der Waals surface area contributed by atoms with Gasteiger partial charge in [0.15, 0.2) is 0 Å². The Morgan fingerprint density at radius 2 is 1.67 bits per heavy atom. The zero-order valence-corrected chi connectivity index (χ0v) is 15.4. The van der Waals surface area contributed by atoms with E-state index in [0.717, 1.165) is 26.5 Å². The first kappa shape index (κ1) is 17.2. The summed E-state index contributed by atoms with van der Waals surface area (Å²) in [5.74, 6) is 0.656. The van der Waals surface area contributed by atoms with Gasteiger partial charge in [0.1, 0.15) is 17.4 Å². The van der Waals surface area contributed by atoms with Crippen LogP contribution in [0.15, 0.2) is 78.9 Å². The van der Waals surface area contributed by atoms with Gasteiger partial charge in [0.05, 0.1) is 16.8 Å². The van der Waals surface area contributed by atoms with Gasteiger partial charge in [-0.1, -0.05) is 48.5 Å². The van der Waals surface area contributed by atoms with Crippen LogP contribution in [0.4, 0.5) is 0 Å². The number of benzene rings is 3. The molecule has 4 rings (SSSR count). The predicted octanol–water partition coefficient (Wildman–Crippen LogP) is 4.81. The van der Waals surface area contributed by atoms with Crippen LogP contribution in [0, 0.1) is 0 Å². The van der Waals surface area contributed by atoms with Gasteiger partial charge in [0.2, 0.25) is 0 Å². The molecule has 5 heteroatoms. The molecule has 0 radical (unpaired) electrons. The number of fused-ring (bicyclic) bond motifs is 1. The van der Waals surface area contributed by atoms with Crippen LogP contribution >= 0.6 is 11.3 Å². The summed E-state index contributed by atoms with van der Waals surface area (Å²) in [7, 11) is 0. The molecular formula is C22H18N2O2S. The smallest absolute Gasteiger partial charge is 0.252 e. The molecule has 1 N–H and O–H groups in total. The molecule has 4 aromatic rings.